The predicted molar refractivity (Wildman–Crippen MR) is 112 cm³/mol. The first-order valence-electron chi connectivity index (χ1n) is 10.0. The third-order valence-corrected chi connectivity index (χ3v) is 4.56. The van der Waals surface area contributed by atoms with Crippen LogP contribution in [0, 0.1) is 0 Å². The zero-order valence-corrected chi connectivity index (χ0v) is 17.4. The summed E-state index contributed by atoms with van der Waals surface area (Å²) < 4.78 is 5.48. The molecule has 2 rings (SSSR count). The van der Waals surface area contributed by atoms with E-state index < -0.39 is 23.7 Å². The first-order valence-corrected chi connectivity index (χ1v) is 10.0. The van der Waals surface area contributed by atoms with Gasteiger partial charge in [0, 0.05) is 17.1 Å². The van der Waals surface area contributed by atoms with Gasteiger partial charge in [-0.05, 0) is 45.2 Å². The molecule has 0 saturated heterocycles. The predicted octanol–water partition coefficient (Wildman–Crippen LogP) is 3.44. The van der Waals surface area contributed by atoms with Crippen LogP contribution in [-0.2, 0) is 20.7 Å². The minimum atomic E-state index is -0.740. The summed E-state index contributed by atoms with van der Waals surface area (Å²) in [5.74, 6) is -0.742. The molecule has 0 saturated carbocycles. The second-order valence-electron chi connectivity index (χ2n) is 8.26. The first-order chi connectivity index (χ1) is 13.2. The van der Waals surface area contributed by atoms with E-state index in [0.29, 0.717) is 12.8 Å². The van der Waals surface area contributed by atoms with E-state index in [1.54, 1.807) is 0 Å². The minimum Gasteiger partial charge on any atom is -0.458 e. The Bertz CT molecular complexity index is 792. The highest BCUT2D eigenvalue weighted by Crippen LogP contribution is 2.19. The molecular formula is C22H33N3O3. The summed E-state index contributed by atoms with van der Waals surface area (Å²) in [5, 5.41) is 3.86. The Morgan fingerprint density at radius 1 is 1.21 bits per heavy atom. The van der Waals surface area contributed by atoms with Gasteiger partial charge in [-0.25, -0.2) is 4.79 Å². The number of para-hydroxylation sites is 1. The zero-order valence-electron chi connectivity index (χ0n) is 17.4. The van der Waals surface area contributed by atoms with Gasteiger partial charge in [-0.2, -0.15) is 0 Å². The van der Waals surface area contributed by atoms with Crippen LogP contribution in [-0.4, -0.2) is 34.5 Å². The van der Waals surface area contributed by atoms with Crippen molar-refractivity contribution in [2.75, 3.05) is 0 Å². The number of ether oxygens (including phenoxy) is 1. The molecule has 1 amide bonds. The minimum absolute atomic E-state index is 0.336. The summed E-state index contributed by atoms with van der Waals surface area (Å²) in [4.78, 5) is 28.4. The van der Waals surface area contributed by atoms with Gasteiger partial charge >= 0.3 is 5.97 Å². The fourth-order valence-electron chi connectivity index (χ4n) is 3.13. The van der Waals surface area contributed by atoms with Crippen LogP contribution < -0.4 is 11.1 Å². The van der Waals surface area contributed by atoms with E-state index in [0.717, 1.165) is 35.7 Å². The van der Waals surface area contributed by atoms with Crippen LogP contribution in [0.5, 0.6) is 0 Å². The van der Waals surface area contributed by atoms with Gasteiger partial charge in [0.1, 0.15) is 11.6 Å². The molecule has 154 valence electrons. The molecule has 0 aliphatic rings. The van der Waals surface area contributed by atoms with Crippen molar-refractivity contribution in [2.45, 2.75) is 77.5 Å². The Morgan fingerprint density at radius 2 is 1.93 bits per heavy atom. The van der Waals surface area contributed by atoms with Crippen LogP contribution in [0.2, 0.25) is 0 Å². The van der Waals surface area contributed by atoms with Crippen molar-refractivity contribution in [3.05, 3.63) is 36.0 Å². The smallest absolute Gasteiger partial charge is 0.329 e. The Kier molecular flexibility index (Phi) is 7.63. The van der Waals surface area contributed by atoms with Crippen LogP contribution in [0.15, 0.2) is 30.5 Å². The van der Waals surface area contributed by atoms with Gasteiger partial charge in [-0.15, -0.1) is 0 Å². The molecule has 2 atom stereocenters. The molecular weight excluding hydrogens is 354 g/mol. The number of nitrogens with two attached hydrogens (primary N) is 1. The summed E-state index contributed by atoms with van der Waals surface area (Å²) in [6.07, 6.45) is 5.70. The summed E-state index contributed by atoms with van der Waals surface area (Å²) in [6, 6.07) is 6.48. The van der Waals surface area contributed by atoms with Crippen molar-refractivity contribution in [3.8, 4) is 0 Å². The summed E-state index contributed by atoms with van der Waals surface area (Å²) in [6.45, 7) is 7.55. The van der Waals surface area contributed by atoms with Gasteiger partial charge in [0.05, 0.1) is 6.04 Å². The molecule has 1 aromatic carbocycles. The number of esters is 1. The lowest BCUT2D eigenvalue weighted by Crippen LogP contribution is -2.50. The Labute approximate surface area is 167 Å². The van der Waals surface area contributed by atoms with Gasteiger partial charge in [0.15, 0.2) is 0 Å². The first kappa shape index (κ1) is 22.0. The number of amides is 1. The summed E-state index contributed by atoms with van der Waals surface area (Å²) >= 11 is 0. The van der Waals surface area contributed by atoms with Gasteiger partial charge in [0.25, 0.3) is 0 Å². The quantitative estimate of drug-likeness (QED) is 0.453. The number of unbranched alkanes of at least 4 members (excludes halogenated alkanes) is 2. The van der Waals surface area contributed by atoms with Crippen molar-refractivity contribution >= 4 is 22.8 Å². The van der Waals surface area contributed by atoms with Crippen LogP contribution >= 0.6 is 0 Å². The van der Waals surface area contributed by atoms with Crippen LogP contribution in [0.1, 0.15) is 58.9 Å². The SMILES string of the molecule is CCCCC[C@H](NC(=O)[C@H](N)Cc1c[nH]c2ccccc12)C(=O)OC(C)(C)C. The van der Waals surface area contributed by atoms with Gasteiger partial charge in [-0.1, -0.05) is 44.4 Å². The number of benzene rings is 1. The average Bonchev–Trinajstić information content (AvgIpc) is 3.02. The highest BCUT2D eigenvalue weighted by Gasteiger charge is 2.28. The molecule has 0 aliphatic heterocycles. The van der Waals surface area contributed by atoms with Crippen LogP contribution in [0.3, 0.4) is 0 Å². The lowest BCUT2D eigenvalue weighted by molar-refractivity contribution is -0.159. The molecule has 6 heteroatoms. The Hall–Kier alpha value is -2.34. The molecule has 0 bridgehead atoms. The number of carbonyl (C=O) groups is 2. The molecule has 0 spiro atoms. The average molecular weight is 388 g/mol. The zero-order chi connectivity index (χ0) is 20.7. The second-order valence-corrected chi connectivity index (χ2v) is 8.26. The maximum Gasteiger partial charge on any atom is 0.329 e. The topological polar surface area (TPSA) is 97.2 Å². The highest BCUT2D eigenvalue weighted by atomic mass is 16.6. The van der Waals surface area contributed by atoms with Gasteiger partial charge in [0.2, 0.25) is 5.91 Å². The number of hydrogen-bond donors (Lipinski definition) is 3. The Morgan fingerprint density at radius 3 is 2.61 bits per heavy atom. The second kappa shape index (κ2) is 9.73. The standard InChI is InChI=1S/C22H33N3O3/c1-5-6-7-12-19(21(27)28-22(2,3)4)25-20(26)17(23)13-15-14-24-18-11-9-8-10-16(15)18/h8-11,14,17,19,24H,5-7,12-13,23H2,1-4H3,(H,25,26)/t17-,19+/m1/s1. The van der Waals surface area contributed by atoms with Crippen LogP contribution in [0.4, 0.5) is 0 Å². The van der Waals surface area contributed by atoms with E-state index in [-0.39, 0.29) is 5.91 Å². The van der Waals surface area contributed by atoms with E-state index in [2.05, 4.69) is 17.2 Å². The molecule has 1 aromatic heterocycles. The summed E-state index contributed by atoms with van der Waals surface area (Å²) in [7, 11) is 0. The third kappa shape index (κ3) is 6.37. The molecule has 6 nitrogen and oxygen atoms in total. The number of aromatic nitrogens is 1. The van der Waals surface area contributed by atoms with Crippen molar-refractivity contribution in [1.82, 2.24) is 10.3 Å². The lowest BCUT2D eigenvalue weighted by Gasteiger charge is -2.25. The monoisotopic (exact) mass is 387 g/mol. The van der Waals surface area contributed by atoms with Gasteiger partial charge < -0.3 is 20.8 Å². The van der Waals surface area contributed by atoms with E-state index >= 15 is 0 Å². The van der Waals surface area contributed by atoms with E-state index in [1.807, 2.05) is 51.2 Å². The molecule has 2 aromatic rings. The molecule has 0 aliphatic carbocycles. The number of fused-ring (bicyclic) bond motifs is 1. The normalized spacial score (nSPS) is 13.9. The number of nitrogens with one attached hydrogen (secondary N) is 2. The number of H-pyrrole nitrogens is 1. The number of hydrogen-bond acceptors (Lipinski definition) is 4. The lowest BCUT2D eigenvalue weighted by atomic mass is 10.0. The largest absolute Gasteiger partial charge is 0.458 e. The van der Waals surface area contributed by atoms with Gasteiger partial charge in [-0.3, -0.25) is 4.79 Å². The number of aromatic amines is 1. The fraction of sp³-hybridized carbons (Fsp3) is 0.545. The van der Waals surface area contributed by atoms with Crippen molar-refractivity contribution in [3.63, 3.8) is 0 Å². The van der Waals surface area contributed by atoms with Crippen molar-refractivity contribution in [2.24, 2.45) is 5.73 Å². The highest BCUT2D eigenvalue weighted by molar-refractivity contribution is 5.89. The maximum absolute atomic E-state index is 12.7. The molecule has 28 heavy (non-hydrogen) atoms. The molecule has 4 N–H and O–H groups in total. The number of carbonyl (C=O) groups excluding carboxylic acids is 2. The Balaban J connectivity index is 2.02. The fourth-order valence-corrected chi connectivity index (χ4v) is 3.13. The molecule has 0 unspecified atom stereocenters. The van der Waals surface area contributed by atoms with Crippen molar-refractivity contribution < 1.29 is 14.3 Å². The molecule has 0 radical (unpaired) electrons. The number of rotatable bonds is 9. The summed E-state index contributed by atoms with van der Waals surface area (Å²) in [5.41, 5.74) is 7.55. The maximum atomic E-state index is 12.7. The van der Waals surface area contributed by atoms with E-state index in [4.69, 9.17) is 10.5 Å². The third-order valence-electron chi connectivity index (χ3n) is 4.56. The van der Waals surface area contributed by atoms with E-state index in [1.165, 1.54) is 0 Å². The van der Waals surface area contributed by atoms with E-state index in [9.17, 15) is 9.59 Å². The van der Waals surface area contributed by atoms with Crippen molar-refractivity contribution in [1.29, 1.82) is 0 Å². The van der Waals surface area contributed by atoms with Crippen LogP contribution in [0.25, 0.3) is 10.9 Å². The molecule has 0 fully saturated rings. The molecule has 1 heterocycles.